The summed E-state index contributed by atoms with van der Waals surface area (Å²) in [6, 6.07) is 0. The van der Waals surface area contributed by atoms with Gasteiger partial charge in [0.2, 0.25) is 0 Å². The lowest BCUT2D eigenvalue weighted by Crippen LogP contribution is -2.19. The molecule has 18 heavy (non-hydrogen) atoms. The van der Waals surface area contributed by atoms with E-state index in [0.29, 0.717) is 12.5 Å². The molecule has 1 aromatic heterocycles. The second-order valence-corrected chi connectivity index (χ2v) is 4.43. The Labute approximate surface area is 104 Å². The first-order valence-electron chi connectivity index (χ1n) is 5.79. The summed E-state index contributed by atoms with van der Waals surface area (Å²) in [6.07, 6.45) is -1.22. The van der Waals surface area contributed by atoms with E-state index in [-0.39, 0.29) is 6.54 Å². The predicted octanol–water partition coefficient (Wildman–Crippen LogP) is 2.17. The van der Waals surface area contributed by atoms with Crippen LogP contribution in [0.2, 0.25) is 0 Å². The maximum atomic E-state index is 11.7. The van der Waals surface area contributed by atoms with E-state index in [9.17, 15) is 13.2 Å². The molecule has 0 radical (unpaired) electrons. The average molecular weight is 265 g/mol. The van der Waals surface area contributed by atoms with E-state index in [2.05, 4.69) is 29.0 Å². The fourth-order valence-electron chi connectivity index (χ4n) is 1.38. The van der Waals surface area contributed by atoms with E-state index in [1.807, 2.05) is 0 Å². The first-order chi connectivity index (χ1) is 8.37. The molecule has 7 heteroatoms. The summed E-state index contributed by atoms with van der Waals surface area (Å²) in [5, 5.41) is 7.19. The molecule has 0 saturated carbocycles. The molecule has 0 unspecified atom stereocenters. The molecular formula is C11H18F3N3O. The van der Waals surface area contributed by atoms with Crippen molar-refractivity contribution in [1.82, 2.24) is 15.1 Å². The standard InChI is InChI=1S/C11H18F3N3O/c1-9(2)5-15-6-10-7-16-17(8-10)3-4-18-11(12,13)14/h7-9,15H,3-6H2,1-2H3. The van der Waals surface area contributed by atoms with E-state index in [4.69, 9.17) is 0 Å². The van der Waals surface area contributed by atoms with Crippen LogP contribution < -0.4 is 5.32 Å². The van der Waals surface area contributed by atoms with Crippen LogP contribution in [-0.2, 0) is 17.8 Å². The van der Waals surface area contributed by atoms with Crippen molar-refractivity contribution in [2.24, 2.45) is 5.92 Å². The molecule has 4 nitrogen and oxygen atoms in total. The number of hydrogen-bond donors (Lipinski definition) is 1. The minimum Gasteiger partial charge on any atom is -0.312 e. The highest BCUT2D eigenvalue weighted by Gasteiger charge is 2.28. The van der Waals surface area contributed by atoms with Crippen molar-refractivity contribution >= 4 is 0 Å². The SMILES string of the molecule is CC(C)CNCc1cnn(CCOC(F)(F)F)c1. The molecule has 0 saturated heterocycles. The van der Waals surface area contributed by atoms with Crippen LogP contribution in [0.5, 0.6) is 0 Å². The summed E-state index contributed by atoms with van der Waals surface area (Å²) in [7, 11) is 0. The molecule has 0 aliphatic carbocycles. The molecule has 1 heterocycles. The minimum absolute atomic E-state index is 0.0870. The van der Waals surface area contributed by atoms with Gasteiger partial charge in [0.05, 0.1) is 19.3 Å². The zero-order valence-corrected chi connectivity index (χ0v) is 10.5. The van der Waals surface area contributed by atoms with E-state index in [1.54, 1.807) is 12.4 Å². The van der Waals surface area contributed by atoms with E-state index < -0.39 is 13.0 Å². The molecule has 0 aliphatic heterocycles. The Bertz CT molecular complexity index is 350. The summed E-state index contributed by atoms with van der Waals surface area (Å²) in [6.45, 7) is 5.42. The van der Waals surface area contributed by atoms with Crippen molar-refractivity contribution in [2.45, 2.75) is 33.3 Å². The molecule has 0 bridgehead atoms. The molecule has 1 rings (SSSR count). The topological polar surface area (TPSA) is 39.1 Å². The Kier molecular flexibility index (Phi) is 5.61. The minimum atomic E-state index is -4.57. The number of halogens is 3. The van der Waals surface area contributed by atoms with Crippen molar-refractivity contribution in [3.05, 3.63) is 18.0 Å². The molecule has 1 aromatic rings. The monoisotopic (exact) mass is 265 g/mol. The lowest BCUT2D eigenvalue weighted by atomic mass is 10.2. The van der Waals surface area contributed by atoms with Gasteiger partial charge in [0.25, 0.3) is 0 Å². The van der Waals surface area contributed by atoms with Gasteiger partial charge in [-0.15, -0.1) is 13.2 Å². The normalized spacial score (nSPS) is 12.3. The van der Waals surface area contributed by atoms with Gasteiger partial charge in [0.15, 0.2) is 0 Å². The first-order valence-corrected chi connectivity index (χ1v) is 5.79. The number of nitrogens with one attached hydrogen (secondary N) is 1. The van der Waals surface area contributed by atoms with Crippen molar-refractivity contribution in [1.29, 1.82) is 0 Å². The highest BCUT2D eigenvalue weighted by molar-refractivity contribution is 5.03. The van der Waals surface area contributed by atoms with E-state index >= 15 is 0 Å². The summed E-state index contributed by atoms with van der Waals surface area (Å²) in [5.41, 5.74) is 0.947. The number of alkyl halides is 3. The fraction of sp³-hybridized carbons (Fsp3) is 0.727. The lowest BCUT2D eigenvalue weighted by molar-refractivity contribution is -0.325. The van der Waals surface area contributed by atoms with Gasteiger partial charge in [-0.25, -0.2) is 0 Å². The molecule has 104 valence electrons. The summed E-state index contributed by atoms with van der Waals surface area (Å²) in [5.74, 6) is 0.556. The Morgan fingerprint density at radius 3 is 2.78 bits per heavy atom. The Morgan fingerprint density at radius 2 is 2.17 bits per heavy atom. The molecule has 0 spiro atoms. The van der Waals surface area contributed by atoms with Crippen molar-refractivity contribution < 1.29 is 17.9 Å². The molecular weight excluding hydrogens is 247 g/mol. The number of aromatic nitrogens is 2. The van der Waals surface area contributed by atoms with Gasteiger partial charge in [-0.2, -0.15) is 5.10 Å². The van der Waals surface area contributed by atoms with Crippen LogP contribution in [0.3, 0.4) is 0 Å². The maximum absolute atomic E-state index is 11.7. The quantitative estimate of drug-likeness (QED) is 0.821. The van der Waals surface area contributed by atoms with Crippen molar-refractivity contribution in [3.63, 3.8) is 0 Å². The van der Waals surface area contributed by atoms with E-state index in [1.165, 1.54) is 4.68 Å². The molecule has 0 amide bonds. The molecule has 0 aliphatic rings. The average Bonchev–Trinajstić information content (AvgIpc) is 2.63. The number of nitrogens with zero attached hydrogens (tertiary/aromatic N) is 2. The maximum Gasteiger partial charge on any atom is 0.522 e. The second-order valence-electron chi connectivity index (χ2n) is 4.43. The highest BCUT2D eigenvalue weighted by Crippen LogP contribution is 2.15. The van der Waals surface area contributed by atoms with Gasteiger partial charge in [-0.3, -0.25) is 9.42 Å². The molecule has 0 fully saturated rings. The van der Waals surface area contributed by atoms with Crippen LogP contribution in [0.15, 0.2) is 12.4 Å². The Morgan fingerprint density at radius 1 is 1.44 bits per heavy atom. The Balaban J connectivity index is 2.26. The largest absolute Gasteiger partial charge is 0.522 e. The van der Waals surface area contributed by atoms with E-state index in [0.717, 1.165) is 12.1 Å². The molecule has 0 aromatic carbocycles. The van der Waals surface area contributed by atoms with Gasteiger partial charge < -0.3 is 5.32 Å². The van der Waals surface area contributed by atoms with Crippen LogP contribution in [-0.4, -0.2) is 29.3 Å². The van der Waals surface area contributed by atoms with Gasteiger partial charge in [-0.05, 0) is 12.5 Å². The lowest BCUT2D eigenvalue weighted by Gasteiger charge is -2.07. The third kappa shape index (κ3) is 6.61. The molecule has 1 N–H and O–H groups in total. The van der Waals surface area contributed by atoms with Crippen molar-refractivity contribution in [2.75, 3.05) is 13.2 Å². The van der Waals surface area contributed by atoms with Crippen LogP contribution in [0, 0.1) is 5.92 Å². The van der Waals surface area contributed by atoms with Crippen LogP contribution >= 0.6 is 0 Å². The van der Waals surface area contributed by atoms with Gasteiger partial charge in [0, 0.05) is 18.3 Å². The third-order valence-corrected chi connectivity index (χ3v) is 2.15. The second kappa shape index (κ2) is 6.75. The van der Waals surface area contributed by atoms with Gasteiger partial charge in [0.1, 0.15) is 0 Å². The van der Waals surface area contributed by atoms with Crippen molar-refractivity contribution in [3.8, 4) is 0 Å². The summed E-state index contributed by atoms with van der Waals surface area (Å²) in [4.78, 5) is 0. The van der Waals surface area contributed by atoms with Crippen LogP contribution in [0.4, 0.5) is 13.2 Å². The number of ether oxygens (including phenoxy) is 1. The third-order valence-electron chi connectivity index (χ3n) is 2.15. The van der Waals surface area contributed by atoms with Crippen LogP contribution in [0.1, 0.15) is 19.4 Å². The number of rotatable bonds is 7. The zero-order chi connectivity index (χ0) is 13.6. The Hall–Kier alpha value is -1.08. The fourth-order valence-corrected chi connectivity index (χ4v) is 1.38. The highest BCUT2D eigenvalue weighted by atomic mass is 19.4. The summed E-state index contributed by atoms with van der Waals surface area (Å²) >= 11 is 0. The van der Waals surface area contributed by atoms with Gasteiger partial charge in [-0.1, -0.05) is 13.8 Å². The first kappa shape index (κ1) is 15.0. The smallest absolute Gasteiger partial charge is 0.312 e. The number of hydrogen-bond acceptors (Lipinski definition) is 3. The zero-order valence-electron chi connectivity index (χ0n) is 10.5. The summed E-state index contributed by atoms with van der Waals surface area (Å²) < 4.78 is 40.4. The molecule has 0 atom stereocenters. The van der Waals surface area contributed by atoms with Gasteiger partial charge >= 0.3 is 6.36 Å². The van der Waals surface area contributed by atoms with Crippen LogP contribution in [0.25, 0.3) is 0 Å². The predicted molar refractivity (Wildman–Crippen MR) is 60.8 cm³/mol.